The summed E-state index contributed by atoms with van der Waals surface area (Å²) in [6.07, 6.45) is 1.66. The first-order valence-electron chi connectivity index (χ1n) is 6.88. The molecule has 22 heavy (non-hydrogen) atoms. The Kier molecular flexibility index (Phi) is 3.54. The molecule has 0 saturated carbocycles. The molecule has 0 amide bonds. The van der Waals surface area contributed by atoms with Gasteiger partial charge < -0.3 is 9.13 Å². The minimum atomic E-state index is -0.143. The van der Waals surface area contributed by atoms with Crippen molar-refractivity contribution >= 4 is 23.4 Å². The van der Waals surface area contributed by atoms with Gasteiger partial charge in [-0.15, -0.1) is 6.58 Å². The Morgan fingerprint density at radius 1 is 1.23 bits per heavy atom. The van der Waals surface area contributed by atoms with E-state index in [9.17, 15) is 4.79 Å². The maximum atomic E-state index is 12.7. The molecule has 0 saturated heterocycles. The quantitative estimate of drug-likeness (QED) is 0.552. The summed E-state index contributed by atoms with van der Waals surface area (Å²) >= 11 is 5.37. The minimum absolute atomic E-state index is 0.143. The molecule has 1 aromatic carbocycles. The standard InChI is InChI=1S/C16H16N4OS/c1-4-10-20-15(21)12-14(19(3)16(20)22)17-13(18(12)2)11-8-6-5-7-9-11/h4-9H,1,10H2,2-3H3. The van der Waals surface area contributed by atoms with Crippen molar-refractivity contribution < 1.29 is 0 Å². The molecule has 0 spiro atoms. The molecule has 0 aliphatic rings. The van der Waals surface area contributed by atoms with E-state index in [0.29, 0.717) is 22.5 Å². The monoisotopic (exact) mass is 312 g/mol. The van der Waals surface area contributed by atoms with Gasteiger partial charge in [-0.25, -0.2) is 4.98 Å². The second-order valence-electron chi connectivity index (χ2n) is 5.08. The number of hydrogen-bond donors (Lipinski definition) is 0. The Morgan fingerprint density at radius 3 is 2.55 bits per heavy atom. The normalized spacial score (nSPS) is 11.0. The van der Waals surface area contributed by atoms with Gasteiger partial charge in [0.1, 0.15) is 5.82 Å². The third kappa shape index (κ3) is 2.03. The van der Waals surface area contributed by atoms with Crippen LogP contribution in [-0.4, -0.2) is 18.7 Å². The highest BCUT2D eigenvalue weighted by molar-refractivity contribution is 7.71. The third-order valence-corrected chi connectivity index (χ3v) is 4.20. The highest BCUT2D eigenvalue weighted by atomic mass is 32.1. The zero-order chi connectivity index (χ0) is 15.9. The number of hydrogen-bond acceptors (Lipinski definition) is 3. The van der Waals surface area contributed by atoms with Crippen LogP contribution in [-0.2, 0) is 20.6 Å². The largest absolute Gasteiger partial charge is 0.321 e. The Bertz CT molecular complexity index is 979. The van der Waals surface area contributed by atoms with Gasteiger partial charge in [0, 0.05) is 26.2 Å². The van der Waals surface area contributed by atoms with Crippen molar-refractivity contribution in [2.45, 2.75) is 6.54 Å². The van der Waals surface area contributed by atoms with E-state index in [1.165, 1.54) is 4.57 Å². The second kappa shape index (κ2) is 5.38. The number of benzene rings is 1. The van der Waals surface area contributed by atoms with Crippen LogP contribution in [0.25, 0.3) is 22.6 Å². The van der Waals surface area contributed by atoms with Gasteiger partial charge in [-0.1, -0.05) is 36.4 Å². The van der Waals surface area contributed by atoms with Gasteiger partial charge in [-0.3, -0.25) is 9.36 Å². The van der Waals surface area contributed by atoms with Gasteiger partial charge in [0.15, 0.2) is 15.9 Å². The van der Waals surface area contributed by atoms with Crippen LogP contribution in [0.4, 0.5) is 0 Å². The van der Waals surface area contributed by atoms with Crippen molar-refractivity contribution in [1.29, 1.82) is 0 Å². The molecule has 0 radical (unpaired) electrons. The zero-order valence-corrected chi connectivity index (χ0v) is 13.3. The molecule has 0 aliphatic heterocycles. The molecule has 0 bridgehead atoms. The highest BCUT2D eigenvalue weighted by Crippen LogP contribution is 2.21. The van der Waals surface area contributed by atoms with Crippen LogP contribution < -0.4 is 5.56 Å². The van der Waals surface area contributed by atoms with Crippen molar-refractivity contribution in [3.05, 3.63) is 58.1 Å². The van der Waals surface area contributed by atoms with E-state index >= 15 is 0 Å². The number of nitrogens with zero attached hydrogens (tertiary/aromatic N) is 4. The number of aryl methyl sites for hydroxylation is 2. The smallest absolute Gasteiger partial charge is 0.280 e. The molecular weight excluding hydrogens is 296 g/mol. The molecule has 0 atom stereocenters. The topological polar surface area (TPSA) is 44.8 Å². The Labute approximate surface area is 132 Å². The van der Waals surface area contributed by atoms with Crippen LogP contribution in [0.2, 0.25) is 0 Å². The predicted octanol–water partition coefficient (Wildman–Crippen LogP) is 2.66. The predicted molar refractivity (Wildman–Crippen MR) is 90.4 cm³/mol. The van der Waals surface area contributed by atoms with Crippen molar-refractivity contribution in [2.24, 2.45) is 14.1 Å². The molecule has 0 N–H and O–H groups in total. The third-order valence-electron chi connectivity index (χ3n) is 3.70. The van der Waals surface area contributed by atoms with Crippen molar-refractivity contribution in [2.75, 3.05) is 0 Å². The van der Waals surface area contributed by atoms with Crippen molar-refractivity contribution in [1.82, 2.24) is 18.7 Å². The fraction of sp³-hybridized carbons (Fsp3) is 0.188. The van der Waals surface area contributed by atoms with Crippen LogP contribution >= 0.6 is 12.2 Å². The van der Waals surface area contributed by atoms with Crippen LogP contribution in [0.15, 0.2) is 47.8 Å². The van der Waals surface area contributed by atoms with E-state index in [1.807, 2.05) is 49.0 Å². The summed E-state index contributed by atoms with van der Waals surface area (Å²) < 4.78 is 5.56. The van der Waals surface area contributed by atoms with Gasteiger partial charge in [-0.05, 0) is 12.2 Å². The number of fused-ring (bicyclic) bond motifs is 1. The van der Waals surface area contributed by atoms with Gasteiger partial charge >= 0.3 is 0 Å². The van der Waals surface area contributed by atoms with Crippen LogP contribution in [0.3, 0.4) is 0 Å². The fourth-order valence-corrected chi connectivity index (χ4v) is 2.82. The SMILES string of the molecule is C=CCn1c(=O)c2c(nc(-c3ccccc3)n2C)n(C)c1=S. The average molecular weight is 312 g/mol. The lowest BCUT2D eigenvalue weighted by atomic mass is 10.2. The molecule has 3 rings (SSSR count). The fourth-order valence-electron chi connectivity index (χ4n) is 2.58. The van der Waals surface area contributed by atoms with E-state index in [1.54, 1.807) is 10.6 Å². The summed E-state index contributed by atoms with van der Waals surface area (Å²) in [5, 5.41) is 0. The first kappa shape index (κ1) is 14.5. The summed E-state index contributed by atoms with van der Waals surface area (Å²) in [7, 11) is 3.67. The lowest BCUT2D eigenvalue weighted by molar-refractivity contribution is 0.693. The van der Waals surface area contributed by atoms with Crippen LogP contribution in [0, 0.1) is 4.77 Å². The van der Waals surface area contributed by atoms with Gasteiger partial charge in [-0.2, -0.15) is 0 Å². The number of rotatable bonds is 3. The lowest BCUT2D eigenvalue weighted by Gasteiger charge is -2.08. The molecule has 112 valence electrons. The summed E-state index contributed by atoms with van der Waals surface area (Å²) in [5.74, 6) is 0.744. The van der Waals surface area contributed by atoms with Crippen molar-refractivity contribution in [3.8, 4) is 11.4 Å². The van der Waals surface area contributed by atoms with E-state index in [4.69, 9.17) is 12.2 Å². The van der Waals surface area contributed by atoms with Gasteiger partial charge in [0.2, 0.25) is 0 Å². The average Bonchev–Trinajstić information content (AvgIpc) is 2.88. The molecule has 0 aliphatic carbocycles. The lowest BCUT2D eigenvalue weighted by Crippen LogP contribution is -2.25. The number of aromatic nitrogens is 4. The minimum Gasteiger partial charge on any atom is -0.321 e. The Hall–Kier alpha value is -2.47. The van der Waals surface area contributed by atoms with Gasteiger partial charge in [0.25, 0.3) is 5.56 Å². The summed E-state index contributed by atoms with van der Waals surface area (Å²) in [4.78, 5) is 17.4. The maximum absolute atomic E-state index is 12.7. The van der Waals surface area contributed by atoms with E-state index in [0.717, 1.165) is 11.4 Å². The molecule has 0 unspecified atom stereocenters. The Balaban J connectivity index is 2.43. The highest BCUT2D eigenvalue weighted by Gasteiger charge is 2.17. The molecule has 6 heteroatoms. The molecule has 3 aromatic rings. The van der Waals surface area contributed by atoms with E-state index in [-0.39, 0.29) is 5.56 Å². The Morgan fingerprint density at radius 2 is 1.91 bits per heavy atom. The first-order valence-corrected chi connectivity index (χ1v) is 7.29. The molecular formula is C16H16N4OS. The molecule has 2 heterocycles. The first-order chi connectivity index (χ1) is 10.6. The summed E-state index contributed by atoms with van der Waals surface area (Å²) in [6.45, 7) is 4.07. The van der Waals surface area contributed by atoms with Crippen molar-refractivity contribution in [3.63, 3.8) is 0 Å². The van der Waals surface area contributed by atoms with E-state index in [2.05, 4.69) is 11.6 Å². The molecule has 2 aromatic heterocycles. The summed E-state index contributed by atoms with van der Waals surface area (Å²) in [6, 6.07) is 9.78. The number of imidazole rings is 1. The summed E-state index contributed by atoms with van der Waals surface area (Å²) in [5.41, 5.74) is 1.95. The maximum Gasteiger partial charge on any atom is 0.280 e. The molecule has 5 nitrogen and oxygen atoms in total. The van der Waals surface area contributed by atoms with Crippen LogP contribution in [0.1, 0.15) is 0 Å². The zero-order valence-electron chi connectivity index (χ0n) is 12.5. The van der Waals surface area contributed by atoms with E-state index < -0.39 is 0 Å². The number of allylic oxidation sites excluding steroid dienone is 1. The van der Waals surface area contributed by atoms with Gasteiger partial charge in [0.05, 0.1) is 0 Å². The van der Waals surface area contributed by atoms with Crippen LogP contribution in [0.5, 0.6) is 0 Å². The molecule has 0 fully saturated rings. The second-order valence-corrected chi connectivity index (χ2v) is 5.44.